The Hall–Kier alpha value is -0.760. The molecule has 0 amide bonds. The molecule has 2 aliphatic carbocycles. The predicted octanol–water partition coefficient (Wildman–Crippen LogP) is 3.17. The molecule has 1 aromatic rings. The zero-order valence-electron chi connectivity index (χ0n) is 10.0. The Balaban J connectivity index is 1.80. The molecule has 0 bridgehead atoms. The molecule has 0 aliphatic heterocycles. The van der Waals surface area contributed by atoms with Crippen LogP contribution in [0.25, 0.3) is 0 Å². The van der Waals surface area contributed by atoms with Crippen molar-refractivity contribution < 1.29 is 4.42 Å². The predicted molar refractivity (Wildman–Crippen MR) is 64.4 cm³/mol. The lowest BCUT2D eigenvalue weighted by atomic mass is 9.65. The first kappa shape index (κ1) is 10.4. The Bertz CT molecular complexity index is 378. The van der Waals surface area contributed by atoms with Crippen molar-refractivity contribution in [2.75, 3.05) is 6.54 Å². The quantitative estimate of drug-likeness (QED) is 0.844. The third kappa shape index (κ3) is 1.51. The largest absolute Gasteiger partial charge is 0.465 e. The van der Waals surface area contributed by atoms with E-state index in [-0.39, 0.29) is 0 Å². The fraction of sp³-hybridized carbons (Fsp3) is 0.714. The number of furan rings is 1. The van der Waals surface area contributed by atoms with E-state index in [4.69, 9.17) is 10.2 Å². The minimum atomic E-state index is 0.297. The third-order valence-corrected chi connectivity index (χ3v) is 4.56. The highest BCUT2D eigenvalue weighted by Gasteiger charge is 2.42. The van der Waals surface area contributed by atoms with Gasteiger partial charge in [-0.05, 0) is 50.3 Å². The molecule has 2 aliphatic rings. The van der Waals surface area contributed by atoms with Crippen molar-refractivity contribution in [1.82, 2.24) is 0 Å². The molecule has 2 fully saturated rings. The van der Waals surface area contributed by atoms with E-state index in [1.807, 2.05) is 0 Å². The van der Waals surface area contributed by atoms with Crippen molar-refractivity contribution in [2.45, 2.75) is 50.4 Å². The Morgan fingerprint density at radius 3 is 2.69 bits per heavy atom. The topological polar surface area (TPSA) is 39.2 Å². The average molecular weight is 219 g/mol. The second-order valence-corrected chi connectivity index (χ2v) is 5.69. The van der Waals surface area contributed by atoms with Crippen LogP contribution in [0.15, 0.2) is 16.5 Å². The minimum Gasteiger partial charge on any atom is -0.465 e. The molecule has 88 valence electrons. The second kappa shape index (κ2) is 3.63. The van der Waals surface area contributed by atoms with E-state index in [9.17, 15) is 0 Å². The second-order valence-electron chi connectivity index (χ2n) is 5.69. The Labute approximate surface area is 97.2 Å². The summed E-state index contributed by atoms with van der Waals surface area (Å²) in [4.78, 5) is 0. The van der Waals surface area contributed by atoms with Crippen LogP contribution in [0.1, 0.15) is 56.5 Å². The van der Waals surface area contributed by atoms with Crippen LogP contribution >= 0.6 is 0 Å². The normalized spacial score (nSPS) is 31.1. The van der Waals surface area contributed by atoms with Gasteiger partial charge >= 0.3 is 0 Å². The zero-order chi connectivity index (χ0) is 11.2. The molecule has 2 nitrogen and oxygen atoms in total. The molecule has 2 N–H and O–H groups in total. The van der Waals surface area contributed by atoms with E-state index in [0.29, 0.717) is 11.3 Å². The molecule has 1 aromatic heterocycles. The van der Waals surface area contributed by atoms with Crippen LogP contribution in [0.5, 0.6) is 0 Å². The van der Waals surface area contributed by atoms with Crippen molar-refractivity contribution in [1.29, 1.82) is 0 Å². The Morgan fingerprint density at radius 1 is 1.44 bits per heavy atom. The highest BCUT2D eigenvalue weighted by molar-refractivity contribution is 5.24. The fourth-order valence-corrected chi connectivity index (χ4v) is 3.06. The first-order valence-electron chi connectivity index (χ1n) is 6.55. The van der Waals surface area contributed by atoms with Gasteiger partial charge in [-0.25, -0.2) is 0 Å². The molecule has 16 heavy (non-hydrogen) atoms. The number of nitrogens with two attached hydrogens (primary N) is 1. The van der Waals surface area contributed by atoms with Crippen LogP contribution in [-0.4, -0.2) is 6.54 Å². The molecule has 3 rings (SSSR count). The van der Waals surface area contributed by atoms with E-state index in [0.717, 1.165) is 18.9 Å². The molecule has 0 saturated heterocycles. The van der Waals surface area contributed by atoms with Crippen LogP contribution in [0, 0.1) is 5.92 Å². The molecule has 2 unspecified atom stereocenters. The SMILES string of the molecule is CC1CC1c1ccc(C2(CCN)CCC2)o1. The molecule has 2 heteroatoms. The summed E-state index contributed by atoms with van der Waals surface area (Å²) in [7, 11) is 0. The van der Waals surface area contributed by atoms with E-state index >= 15 is 0 Å². The van der Waals surface area contributed by atoms with Gasteiger partial charge in [-0.2, -0.15) is 0 Å². The summed E-state index contributed by atoms with van der Waals surface area (Å²) < 4.78 is 6.08. The Kier molecular flexibility index (Phi) is 2.36. The van der Waals surface area contributed by atoms with Crippen LogP contribution in [0.3, 0.4) is 0 Å². The fourth-order valence-electron chi connectivity index (χ4n) is 3.06. The van der Waals surface area contributed by atoms with Gasteiger partial charge in [-0.15, -0.1) is 0 Å². The van der Waals surface area contributed by atoms with Gasteiger partial charge in [0.1, 0.15) is 11.5 Å². The maximum absolute atomic E-state index is 6.08. The third-order valence-electron chi connectivity index (χ3n) is 4.56. The van der Waals surface area contributed by atoms with Crippen molar-refractivity contribution in [2.24, 2.45) is 11.7 Å². The van der Waals surface area contributed by atoms with Gasteiger partial charge in [0, 0.05) is 11.3 Å². The molecule has 0 radical (unpaired) electrons. The Morgan fingerprint density at radius 2 is 2.19 bits per heavy atom. The lowest BCUT2D eigenvalue weighted by Gasteiger charge is -2.40. The average Bonchev–Trinajstić information content (AvgIpc) is 2.77. The lowest BCUT2D eigenvalue weighted by molar-refractivity contribution is 0.184. The van der Waals surface area contributed by atoms with Gasteiger partial charge in [0.2, 0.25) is 0 Å². The van der Waals surface area contributed by atoms with Gasteiger partial charge in [0.15, 0.2) is 0 Å². The van der Waals surface area contributed by atoms with Crippen LogP contribution in [0.4, 0.5) is 0 Å². The molecule has 2 saturated carbocycles. The molecule has 1 heterocycles. The first-order valence-corrected chi connectivity index (χ1v) is 6.55. The van der Waals surface area contributed by atoms with Crippen molar-refractivity contribution in [3.63, 3.8) is 0 Å². The van der Waals surface area contributed by atoms with E-state index in [2.05, 4.69) is 19.1 Å². The van der Waals surface area contributed by atoms with Crippen molar-refractivity contribution in [3.05, 3.63) is 23.7 Å². The van der Waals surface area contributed by atoms with Gasteiger partial charge in [-0.3, -0.25) is 0 Å². The summed E-state index contributed by atoms with van der Waals surface area (Å²) in [6.07, 6.45) is 6.24. The first-order chi connectivity index (χ1) is 7.75. The van der Waals surface area contributed by atoms with Gasteiger partial charge in [0.05, 0.1) is 0 Å². The van der Waals surface area contributed by atoms with Crippen molar-refractivity contribution in [3.8, 4) is 0 Å². The summed E-state index contributed by atoms with van der Waals surface area (Å²) in [5.74, 6) is 3.94. The zero-order valence-corrected chi connectivity index (χ0v) is 10.0. The maximum Gasteiger partial charge on any atom is 0.110 e. The minimum absolute atomic E-state index is 0.297. The van der Waals surface area contributed by atoms with Gasteiger partial charge < -0.3 is 10.2 Å². The van der Waals surface area contributed by atoms with Crippen molar-refractivity contribution >= 4 is 0 Å². The van der Waals surface area contributed by atoms with Crippen LogP contribution < -0.4 is 5.73 Å². The number of hydrogen-bond donors (Lipinski definition) is 1. The summed E-state index contributed by atoms with van der Waals surface area (Å²) >= 11 is 0. The smallest absolute Gasteiger partial charge is 0.110 e. The summed E-state index contributed by atoms with van der Waals surface area (Å²) in [6, 6.07) is 4.40. The molecular formula is C14H21NO. The van der Waals surface area contributed by atoms with E-state index < -0.39 is 0 Å². The number of rotatable bonds is 4. The summed E-state index contributed by atoms with van der Waals surface area (Å²) in [5.41, 5.74) is 6.02. The highest BCUT2D eigenvalue weighted by Crippen LogP contribution is 2.51. The van der Waals surface area contributed by atoms with E-state index in [1.165, 1.54) is 37.2 Å². The molecule has 0 aromatic carbocycles. The van der Waals surface area contributed by atoms with Gasteiger partial charge in [0.25, 0.3) is 0 Å². The molecule has 2 atom stereocenters. The maximum atomic E-state index is 6.08. The van der Waals surface area contributed by atoms with Crippen LogP contribution in [-0.2, 0) is 5.41 Å². The van der Waals surface area contributed by atoms with Crippen LogP contribution in [0.2, 0.25) is 0 Å². The lowest BCUT2D eigenvalue weighted by Crippen LogP contribution is -2.35. The highest BCUT2D eigenvalue weighted by atomic mass is 16.3. The summed E-state index contributed by atoms with van der Waals surface area (Å²) in [5, 5.41) is 0. The standard InChI is InChI=1S/C14H21NO/c1-10-9-11(10)12-3-4-13(16-12)14(7-8-15)5-2-6-14/h3-4,10-11H,2,5-9,15H2,1H3. The molecular weight excluding hydrogens is 198 g/mol. The summed E-state index contributed by atoms with van der Waals surface area (Å²) in [6.45, 7) is 3.07. The number of hydrogen-bond acceptors (Lipinski definition) is 2. The molecule has 0 spiro atoms. The monoisotopic (exact) mass is 219 g/mol. The van der Waals surface area contributed by atoms with Gasteiger partial charge in [-0.1, -0.05) is 13.3 Å². The van der Waals surface area contributed by atoms with E-state index in [1.54, 1.807) is 0 Å².